The van der Waals surface area contributed by atoms with Gasteiger partial charge in [-0.05, 0) is 45.5 Å². The summed E-state index contributed by atoms with van der Waals surface area (Å²) in [5, 5.41) is 0. The van der Waals surface area contributed by atoms with E-state index in [9.17, 15) is 0 Å². The highest BCUT2D eigenvalue weighted by molar-refractivity contribution is 6.17. The number of nitrogens with zero attached hydrogens (tertiary/aromatic N) is 2. The average Bonchev–Trinajstić information content (AvgIpc) is 2.38. The van der Waals surface area contributed by atoms with Crippen LogP contribution >= 0.6 is 11.6 Å². The Labute approximate surface area is 116 Å². The fourth-order valence-corrected chi connectivity index (χ4v) is 2.97. The molecule has 0 spiro atoms. The Bertz CT molecular complexity index is 395. The molecule has 1 fully saturated rings. The van der Waals surface area contributed by atoms with Gasteiger partial charge in [0.2, 0.25) is 0 Å². The van der Waals surface area contributed by atoms with E-state index in [2.05, 4.69) is 49.0 Å². The highest BCUT2D eigenvalue weighted by atomic mass is 35.5. The van der Waals surface area contributed by atoms with Crippen LogP contribution in [-0.4, -0.2) is 38.1 Å². The first-order valence-electron chi connectivity index (χ1n) is 6.68. The molecule has 1 saturated heterocycles. The summed E-state index contributed by atoms with van der Waals surface area (Å²) in [6, 6.07) is 7.35. The Morgan fingerprint density at radius 3 is 2.50 bits per heavy atom. The summed E-state index contributed by atoms with van der Waals surface area (Å²) in [6.45, 7) is 4.39. The molecule has 1 aromatic rings. The molecule has 1 aromatic carbocycles. The third kappa shape index (κ3) is 2.99. The molecule has 0 amide bonds. The van der Waals surface area contributed by atoms with Crippen molar-refractivity contribution in [3.8, 4) is 0 Å². The minimum Gasteiger partial charge on any atom is -0.371 e. The molecule has 0 N–H and O–H groups in total. The van der Waals surface area contributed by atoms with Crippen LogP contribution in [0.5, 0.6) is 0 Å². The first-order chi connectivity index (χ1) is 8.61. The van der Waals surface area contributed by atoms with E-state index in [0.29, 0.717) is 5.88 Å². The average molecular weight is 267 g/mol. The molecule has 2 rings (SSSR count). The number of piperidine rings is 1. The van der Waals surface area contributed by atoms with Crippen molar-refractivity contribution in [1.82, 2.24) is 4.90 Å². The molecule has 0 saturated carbocycles. The molecular formula is C15H23ClN2. The third-order valence-corrected chi connectivity index (χ3v) is 4.20. The van der Waals surface area contributed by atoms with Crippen LogP contribution in [0.15, 0.2) is 18.2 Å². The number of aryl methyl sites for hydroxylation is 1. The monoisotopic (exact) mass is 266 g/mol. The molecule has 1 aliphatic rings. The minimum atomic E-state index is 0.602. The zero-order valence-corrected chi connectivity index (χ0v) is 12.4. The van der Waals surface area contributed by atoms with Gasteiger partial charge in [0.15, 0.2) is 0 Å². The summed E-state index contributed by atoms with van der Waals surface area (Å²) in [7, 11) is 4.35. The quantitative estimate of drug-likeness (QED) is 0.775. The van der Waals surface area contributed by atoms with Gasteiger partial charge in [-0.25, -0.2) is 0 Å². The molecule has 0 atom stereocenters. The molecule has 1 aliphatic heterocycles. The lowest BCUT2D eigenvalue weighted by Crippen LogP contribution is -2.42. The smallest absolute Gasteiger partial charge is 0.0494 e. The lowest BCUT2D eigenvalue weighted by atomic mass is 10.0. The number of rotatable bonds is 3. The van der Waals surface area contributed by atoms with Crippen molar-refractivity contribution in [2.45, 2.75) is 31.7 Å². The Balaban J connectivity index is 2.09. The van der Waals surface area contributed by atoms with Crippen LogP contribution in [-0.2, 0) is 5.88 Å². The Morgan fingerprint density at radius 1 is 1.28 bits per heavy atom. The molecule has 0 radical (unpaired) electrons. The van der Waals surface area contributed by atoms with Crippen LogP contribution in [0, 0.1) is 6.92 Å². The summed E-state index contributed by atoms with van der Waals surface area (Å²) in [5.41, 5.74) is 3.88. The maximum absolute atomic E-state index is 6.07. The van der Waals surface area contributed by atoms with E-state index in [1.54, 1.807) is 0 Å². The van der Waals surface area contributed by atoms with Crippen LogP contribution in [0.1, 0.15) is 24.0 Å². The number of hydrogen-bond donors (Lipinski definition) is 0. The largest absolute Gasteiger partial charge is 0.371 e. The van der Waals surface area contributed by atoms with Gasteiger partial charge in [0, 0.05) is 30.7 Å². The fraction of sp³-hybridized carbons (Fsp3) is 0.600. The summed E-state index contributed by atoms with van der Waals surface area (Å²) in [4.78, 5) is 4.83. The molecule has 0 aliphatic carbocycles. The van der Waals surface area contributed by atoms with Crippen LogP contribution in [0.25, 0.3) is 0 Å². The van der Waals surface area contributed by atoms with Crippen molar-refractivity contribution >= 4 is 17.3 Å². The maximum Gasteiger partial charge on any atom is 0.0494 e. The van der Waals surface area contributed by atoms with E-state index < -0.39 is 0 Å². The van der Waals surface area contributed by atoms with Gasteiger partial charge >= 0.3 is 0 Å². The predicted octanol–water partition coefficient (Wildman–Crippen LogP) is 3.26. The zero-order chi connectivity index (χ0) is 13.1. The number of anilines is 1. The Morgan fingerprint density at radius 2 is 1.94 bits per heavy atom. The molecule has 1 heterocycles. The second-order valence-corrected chi connectivity index (χ2v) is 5.71. The summed E-state index contributed by atoms with van der Waals surface area (Å²) >= 11 is 6.07. The van der Waals surface area contributed by atoms with Gasteiger partial charge in [-0.2, -0.15) is 0 Å². The second-order valence-electron chi connectivity index (χ2n) is 5.45. The van der Waals surface area contributed by atoms with Crippen LogP contribution in [0.3, 0.4) is 0 Å². The van der Waals surface area contributed by atoms with E-state index in [4.69, 9.17) is 11.6 Å². The fourth-order valence-electron chi connectivity index (χ4n) is 2.75. The molecule has 0 bridgehead atoms. The van der Waals surface area contributed by atoms with Crippen molar-refractivity contribution in [3.63, 3.8) is 0 Å². The topological polar surface area (TPSA) is 6.48 Å². The van der Waals surface area contributed by atoms with Crippen molar-refractivity contribution in [2.75, 3.05) is 32.1 Å². The standard InChI is InChI=1S/C15H23ClN2/c1-12-4-5-15(13(10-12)11-16)18-8-6-14(7-9-18)17(2)3/h4-5,10,14H,6-9,11H2,1-3H3. The number of alkyl halides is 1. The van der Waals surface area contributed by atoms with Gasteiger partial charge in [-0.3, -0.25) is 0 Å². The van der Waals surface area contributed by atoms with Crippen molar-refractivity contribution < 1.29 is 0 Å². The second kappa shape index (κ2) is 5.94. The Hall–Kier alpha value is -0.730. The van der Waals surface area contributed by atoms with E-state index in [1.165, 1.54) is 29.7 Å². The van der Waals surface area contributed by atoms with Gasteiger partial charge in [-0.15, -0.1) is 11.6 Å². The van der Waals surface area contributed by atoms with Crippen molar-refractivity contribution in [2.24, 2.45) is 0 Å². The SMILES string of the molecule is Cc1ccc(N2CCC(N(C)C)CC2)c(CCl)c1. The summed E-state index contributed by atoms with van der Waals surface area (Å²) < 4.78 is 0. The van der Waals surface area contributed by atoms with Crippen LogP contribution in [0.4, 0.5) is 5.69 Å². The lowest BCUT2D eigenvalue weighted by molar-refractivity contribution is 0.249. The van der Waals surface area contributed by atoms with E-state index in [1.807, 2.05) is 0 Å². The van der Waals surface area contributed by atoms with Gasteiger partial charge in [0.05, 0.1) is 0 Å². The number of hydrogen-bond acceptors (Lipinski definition) is 2. The van der Waals surface area contributed by atoms with E-state index >= 15 is 0 Å². The van der Waals surface area contributed by atoms with Crippen LogP contribution in [0.2, 0.25) is 0 Å². The van der Waals surface area contributed by atoms with Gasteiger partial charge in [-0.1, -0.05) is 17.7 Å². The van der Waals surface area contributed by atoms with Gasteiger partial charge < -0.3 is 9.80 Å². The molecule has 18 heavy (non-hydrogen) atoms. The highest BCUT2D eigenvalue weighted by Crippen LogP contribution is 2.27. The molecule has 0 unspecified atom stereocenters. The van der Waals surface area contributed by atoms with Crippen molar-refractivity contribution in [3.05, 3.63) is 29.3 Å². The first-order valence-corrected chi connectivity index (χ1v) is 7.22. The first kappa shape index (κ1) is 13.7. The highest BCUT2D eigenvalue weighted by Gasteiger charge is 2.21. The van der Waals surface area contributed by atoms with E-state index in [0.717, 1.165) is 19.1 Å². The molecular weight excluding hydrogens is 244 g/mol. The summed E-state index contributed by atoms with van der Waals surface area (Å²) in [6.07, 6.45) is 2.48. The number of halogens is 1. The van der Waals surface area contributed by atoms with Gasteiger partial charge in [0.25, 0.3) is 0 Å². The zero-order valence-electron chi connectivity index (χ0n) is 11.6. The molecule has 3 heteroatoms. The Kier molecular flexibility index (Phi) is 4.52. The predicted molar refractivity (Wildman–Crippen MR) is 79.7 cm³/mol. The lowest BCUT2D eigenvalue weighted by Gasteiger charge is -2.37. The van der Waals surface area contributed by atoms with Gasteiger partial charge in [0.1, 0.15) is 0 Å². The normalized spacial score (nSPS) is 17.5. The molecule has 0 aromatic heterocycles. The van der Waals surface area contributed by atoms with Crippen molar-refractivity contribution in [1.29, 1.82) is 0 Å². The minimum absolute atomic E-state index is 0.602. The molecule has 2 nitrogen and oxygen atoms in total. The third-order valence-electron chi connectivity index (χ3n) is 3.91. The number of benzene rings is 1. The van der Waals surface area contributed by atoms with E-state index in [-0.39, 0.29) is 0 Å². The maximum atomic E-state index is 6.07. The van der Waals surface area contributed by atoms with Crippen LogP contribution < -0.4 is 4.90 Å². The summed E-state index contributed by atoms with van der Waals surface area (Å²) in [5.74, 6) is 0.602. The molecule has 100 valence electrons.